The Morgan fingerprint density at radius 2 is 1.31 bits per heavy atom. The molecule has 1 radical (unpaired) electrons. The fraction of sp³-hybridized carbons (Fsp3) is 0. The van der Waals surface area contributed by atoms with E-state index in [0.29, 0.717) is 10.0 Å². The van der Waals surface area contributed by atoms with Crippen LogP contribution in [0, 0.1) is 6.07 Å². The lowest BCUT2D eigenvalue weighted by Crippen LogP contribution is -1.92. The molecule has 0 aliphatic carbocycles. The SMILES string of the molecule is Clc1ccc(-c2ncc(-c3ccccc3)[c]c2-c2ccccc2)cc1Cl. The molecular weight excluding hydrogens is 361 g/mol. The van der Waals surface area contributed by atoms with Crippen molar-refractivity contribution in [1.29, 1.82) is 0 Å². The minimum Gasteiger partial charge on any atom is -0.255 e. The predicted octanol–water partition coefficient (Wildman–Crippen LogP) is 7.19. The number of halogens is 2. The zero-order valence-electron chi connectivity index (χ0n) is 13.8. The van der Waals surface area contributed by atoms with Crippen LogP contribution in [-0.4, -0.2) is 4.98 Å². The number of aromatic nitrogens is 1. The first-order chi connectivity index (χ1) is 12.7. The second kappa shape index (κ2) is 7.33. The van der Waals surface area contributed by atoms with Crippen LogP contribution in [0.15, 0.2) is 85.1 Å². The van der Waals surface area contributed by atoms with E-state index < -0.39 is 0 Å². The quantitative estimate of drug-likeness (QED) is 0.369. The minimum atomic E-state index is 0.511. The van der Waals surface area contributed by atoms with Gasteiger partial charge in [0, 0.05) is 29.0 Å². The summed E-state index contributed by atoms with van der Waals surface area (Å²) in [7, 11) is 0. The highest BCUT2D eigenvalue weighted by atomic mass is 35.5. The summed E-state index contributed by atoms with van der Waals surface area (Å²) in [5, 5.41) is 1.04. The molecule has 0 aliphatic rings. The third-order valence-electron chi connectivity index (χ3n) is 4.16. The summed E-state index contributed by atoms with van der Waals surface area (Å²) < 4.78 is 0. The topological polar surface area (TPSA) is 12.9 Å². The van der Waals surface area contributed by atoms with Crippen LogP contribution in [0.4, 0.5) is 0 Å². The number of pyridine rings is 1. The number of nitrogens with zero attached hydrogens (tertiary/aromatic N) is 1. The molecule has 125 valence electrons. The second-order valence-electron chi connectivity index (χ2n) is 5.88. The van der Waals surface area contributed by atoms with Crippen LogP contribution >= 0.6 is 23.2 Å². The van der Waals surface area contributed by atoms with E-state index in [0.717, 1.165) is 33.5 Å². The van der Waals surface area contributed by atoms with Crippen LogP contribution in [0.25, 0.3) is 33.5 Å². The van der Waals surface area contributed by atoms with Crippen molar-refractivity contribution in [2.24, 2.45) is 0 Å². The van der Waals surface area contributed by atoms with Crippen LogP contribution in [-0.2, 0) is 0 Å². The summed E-state index contributed by atoms with van der Waals surface area (Å²) in [5.74, 6) is 0. The van der Waals surface area contributed by atoms with Gasteiger partial charge >= 0.3 is 0 Å². The molecule has 0 N–H and O–H groups in total. The normalized spacial score (nSPS) is 10.7. The van der Waals surface area contributed by atoms with Gasteiger partial charge in [0.05, 0.1) is 15.7 Å². The van der Waals surface area contributed by atoms with Crippen molar-refractivity contribution < 1.29 is 0 Å². The van der Waals surface area contributed by atoms with Crippen molar-refractivity contribution in [1.82, 2.24) is 4.98 Å². The van der Waals surface area contributed by atoms with Gasteiger partial charge in [-0.15, -0.1) is 0 Å². The Morgan fingerprint density at radius 3 is 1.96 bits per heavy atom. The molecule has 0 atom stereocenters. The molecule has 0 unspecified atom stereocenters. The molecule has 4 aromatic rings. The second-order valence-corrected chi connectivity index (χ2v) is 6.70. The summed E-state index contributed by atoms with van der Waals surface area (Å²) in [6.07, 6.45) is 1.85. The van der Waals surface area contributed by atoms with E-state index in [1.807, 2.05) is 54.7 Å². The molecule has 0 aliphatic heterocycles. The highest BCUT2D eigenvalue weighted by molar-refractivity contribution is 6.42. The van der Waals surface area contributed by atoms with E-state index in [4.69, 9.17) is 28.2 Å². The molecular formula is C23H14Cl2N. The maximum absolute atomic E-state index is 6.22. The van der Waals surface area contributed by atoms with Gasteiger partial charge in [-0.2, -0.15) is 0 Å². The van der Waals surface area contributed by atoms with Gasteiger partial charge in [0.15, 0.2) is 0 Å². The van der Waals surface area contributed by atoms with Gasteiger partial charge in [-0.05, 0) is 23.3 Å². The highest BCUT2D eigenvalue weighted by Crippen LogP contribution is 2.35. The van der Waals surface area contributed by atoms with E-state index in [1.165, 1.54) is 0 Å². The molecule has 0 bridgehead atoms. The van der Waals surface area contributed by atoms with Crippen LogP contribution in [0.3, 0.4) is 0 Å². The summed E-state index contributed by atoms with van der Waals surface area (Å²) in [6, 6.07) is 29.4. The van der Waals surface area contributed by atoms with Crippen LogP contribution in [0.1, 0.15) is 0 Å². The van der Waals surface area contributed by atoms with E-state index in [1.54, 1.807) is 6.07 Å². The summed E-state index contributed by atoms with van der Waals surface area (Å²) in [5.41, 5.74) is 5.76. The largest absolute Gasteiger partial charge is 0.255 e. The average molecular weight is 375 g/mol. The lowest BCUT2D eigenvalue weighted by Gasteiger charge is -2.12. The van der Waals surface area contributed by atoms with Crippen molar-refractivity contribution in [3.8, 4) is 33.5 Å². The van der Waals surface area contributed by atoms with E-state index in [9.17, 15) is 0 Å². The molecule has 1 heterocycles. The van der Waals surface area contributed by atoms with Gasteiger partial charge in [-0.1, -0.05) is 89.9 Å². The van der Waals surface area contributed by atoms with Gasteiger partial charge in [0.2, 0.25) is 0 Å². The lowest BCUT2D eigenvalue weighted by molar-refractivity contribution is 1.32. The Morgan fingerprint density at radius 1 is 0.654 bits per heavy atom. The Balaban J connectivity index is 1.92. The zero-order valence-corrected chi connectivity index (χ0v) is 15.3. The summed E-state index contributed by atoms with van der Waals surface area (Å²) >= 11 is 12.3. The first-order valence-electron chi connectivity index (χ1n) is 8.21. The first-order valence-corrected chi connectivity index (χ1v) is 8.96. The highest BCUT2D eigenvalue weighted by Gasteiger charge is 2.13. The summed E-state index contributed by atoms with van der Waals surface area (Å²) in [6.45, 7) is 0. The van der Waals surface area contributed by atoms with Gasteiger partial charge in [-0.25, -0.2) is 0 Å². The molecule has 1 nitrogen and oxygen atoms in total. The predicted molar refractivity (Wildman–Crippen MR) is 109 cm³/mol. The van der Waals surface area contributed by atoms with E-state index in [2.05, 4.69) is 30.3 Å². The summed E-state index contributed by atoms with van der Waals surface area (Å²) in [4.78, 5) is 4.74. The van der Waals surface area contributed by atoms with Crippen molar-refractivity contribution >= 4 is 23.2 Å². The molecule has 0 saturated carbocycles. The van der Waals surface area contributed by atoms with Crippen LogP contribution < -0.4 is 0 Å². The molecule has 1 aromatic heterocycles. The van der Waals surface area contributed by atoms with Gasteiger partial charge in [0.25, 0.3) is 0 Å². The van der Waals surface area contributed by atoms with Gasteiger partial charge < -0.3 is 0 Å². The van der Waals surface area contributed by atoms with E-state index >= 15 is 0 Å². The maximum atomic E-state index is 6.22. The fourth-order valence-corrected chi connectivity index (χ4v) is 3.16. The standard InChI is InChI=1S/C23H14Cl2N/c24-21-12-11-18(14-22(21)25)23-20(17-9-5-2-6-10-17)13-19(15-26-23)16-7-3-1-4-8-16/h1-12,14-15H. The Bertz CT molecular complexity index is 1040. The smallest absolute Gasteiger partial charge is 0.0787 e. The van der Waals surface area contributed by atoms with Crippen molar-refractivity contribution in [2.45, 2.75) is 0 Å². The Hall–Kier alpha value is -2.61. The number of hydrogen-bond acceptors (Lipinski definition) is 1. The number of hydrogen-bond donors (Lipinski definition) is 0. The average Bonchev–Trinajstić information content (AvgIpc) is 2.71. The number of benzene rings is 3. The van der Waals surface area contributed by atoms with Crippen molar-refractivity contribution in [3.63, 3.8) is 0 Å². The van der Waals surface area contributed by atoms with Gasteiger partial charge in [0.1, 0.15) is 0 Å². The van der Waals surface area contributed by atoms with Gasteiger partial charge in [-0.3, -0.25) is 4.98 Å². The molecule has 0 saturated heterocycles. The molecule has 4 rings (SSSR count). The zero-order chi connectivity index (χ0) is 17.9. The van der Waals surface area contributed by atoms with Crippen molar-refractivity contribution in [3.05, 3.63) is 101 Å². The van der Waals surface area contributed by atoms with Crippen molar-refractivity contribution in [2.75, 3.05) is 0 Å². The Labute approximate surface area is 162 Å². The van der Waals surface area contributed by atoms with Crippen LogP contribution in [0.5, 0.6) is 0 Å². The first kappa shape index (κ1) is 16.8. The van der Waals surface area contributed by atoms with Crippen LogP contribution in [0.2, 0.25) is 10.0 Å². The molecule has 0 spiro atoms. The molecule has 3 aromatic carbocycles. The monoisotopic (exact) mass is 374 g/mol. The van der Waals surface area contributed by atoms with E-state index in [-0.39, 0.29) is 0 Å². The lowest BCUT2D eigenvalue weighted by atomic mass is 9.96. The molecule has 0 amide bonds. The fourth-order valence-electron chi connectivity index (χ4n) is 2.86. The molecule has 0 fully saturated rings. The molecule has 3 heteroatoms. The molecule has 26 heavy (non-hydrogen) atoms. The minimum absolute atomic E-state index is 0.511. The Kier molecular flexibility index (Phi) is 4.75. The third-order valence-corrected chi connectivity index (χ3v) is 4.90. The third kappa shape index (κ3) is 3.37. The maximum Gasteiger partial charge on any atom is 0.0787 e. The number of rotatable bonds is 3.